The summed E-state index contributed by atoms with van der Waals surface area (Å²) in [5, 5.41) is 5.27. The van der Waals surface area contributed by atoms with Crippen LogP contribution in [0.1, 0.15) is 6.42 Å². The van der Waals surface area contributed by atoms with Crippen molar-refractivity contribution < 1.29 is 32.9 Å². The predicted octanol–water partition coefficient (Wildman–Crippen LogP) is 8.17. The van der Waals surface area contributed by atoms with Crippen molar-refractivity contribution in [3.05, 3.63) is 84.9 Å². The zero-order valence-electron chi connectivity index (χ0n) is 25.4. The first-order chi connectivity index (χ1) is 22.1. The van der Waals surface area contributed by atoms with Gasteiger partial charge in [0.15, 0.2) is 28.8 Å². The SMILES string of the molecule is COc1ccc(-c2cc(-c3cc(OC)c(OC)c(OC)c3)no2)cc1OCCCOc1ccc(-c2nc3ccccc3s2)cc1. The lowest BCUT2D eigenvalue weighted by Crippen LogP contribution is -2.05. The van der Waals surface area contributed by atoms with Crippen molar-refractivity contribution in [3.63, 3.8) is 0 Å². The Labute approximate surface area is 264 Å². The van der Waals surface area contributed by atoms with E-state index < -0.39 is 0 Å². The standard InChI is InChI=1S/C35H32N2O7S/c1-38-28-15-12-23(29-21-27(37-44-29)24-19-31(39-2)34(41-4)32(20-24)40-3)18-30(28)43-17-7-16-42-25-13-10-22(11-14-25)35-36-26-8-5-6-9-33(26)45-35/h5-6,8-15,18-21H,7,16-17H2,1-4H3. The second-order valence-electron chi connectivity index (χ2n) is 9.92. The Hall–Kier alpha value is -5.22. The smallest absolute Gasteiger partial charge is 0.203 e. The Morgan fingerprint density at radius 3 is 2.04 bits per heavy atom. The van der Waals surface area contributed by atoms with E-state index in [-0.39, 0.29) is 0 Å². The lowest BCUT2D eigenvalue weighted by molar-refractivity contribution is 0.240. The number of hydrogen-bond donors (Lipinski definition) is 0. The van der Waals surface area contributed by atoms with Crippen molar-refractivity contribution in [3.8, 4) is 67.6 Å². The summed E-state index contributed by atoms with van der Waals surface area (Å²) in [7, 11) is 6.32. The van der Waals surface area contributed by atoms with E-state index in [0.29, 0.717) is 59.8 Å². The van der Waals surface area contributed by atoms with E-state index in [9.17, 15) is 0 Å². The number of fused-ring (bicyclic) bond motifs is 1. The minimum atomic E-state index is 0.441. The zero-order chi connectivity index (χ0) is 31.2. The number of benzene rings is 4. The summed E-state index contributed by atoms with van der Waals surface area (Å²) in [6.45, 7) is 0.944. The fourth-order valence-corrected chi connectivity index (χ4v) is 5.81. The molecule has 0 atom stereocenters. The van der Waals surface area contributed by atoms with Crippen LogP contribution < -0.4 is 28.4 Å². The number of aromatic nitrogens is 2. The molecule has 6 aromatic rings. The maximum Gasteiger partial charge on any atom is 0.203 e. The number of nitrogens with zero attached hydrogens (tertiary/aromatic N) is 2. The molecule has 0 aliphatic carbocycles. The van der Waals surface area contributed by atoms with Crippen molar-refractivity contribution in [2.45, 2.75) is 6.42 Å². The molecule has 0 saturated heterocycles. The quantitative estimate of drug-likeness (QED) is 0.118. The molecule has 0 saturated carbocycles. The minimum absolute atomic E-state index is 0.441. The molecule has 2 aromatic heterocycles. The number of methoxy groups -OCH3 is 4. The van der Waals surface area contributed by atoms with Crippen LogP contribution in [0.25, 0.3) is 43.4 Å². The van der Waals surface area contributed by atoms with Crippen molar-refractivity contribution >= 4 is 21.6 Å². The second kappa shape index (κ2) is 13.6. The van der Waals surface area contributed by atoms with Gasteiger partial charge < -0.3 is 32.9 Å². The molecule has 0 bridgehead atoms. The maximum absolute atomic E-state index is 6.09. The normalized spacial score (nSPS) is 10.9. The van der Waals surface area contributed by atoms with E-state index in [1.165, 1.54) is 4.70 Å². The van der Waals surface area contributed by atoms with Gasteiger partial charge in [-0.1, -0.05) is 17.3 Å². The summed E-state index contributed by atoms with van der Waals surface area (Å²) < 4.78 is 40.8. The molecule has 0 N–H and O–H groups in total. The Morgan fingerprint density at radius 1 is 0.644 bits per heavy atom. The first kappa shape index (κ1) is 29.8. The monoisotopic (exact) mass is 624 g/mol. The van der Waals surface area contributed by atoms with Crippen molar-refractivity contribution in [2.75, 3.05) is 41.7 Å². The van der Waals surface area contributed by atoms with Gasteiger partial charge in [-0.25, -0.2) is 4.98 Å². The van der Waals surface area contributed by atoms with Gasteiger partial charge in [0, 0.05) is 29.2 Å². The number of thiazole rings is 1. The molecular formula is C35H32N2O7S. The largest absolute Gasteiger partial charge is 0.493 e. The van der Waals surface area contributed by atoms with E-state index in [2.05, 4.69) is 11.2 Å². The third kappa shape index (κ3) is 6.51. The Bertz CT molecular complexity index is 1840. The second-order valence-corrected chi connectivity index (χ2v) is 10.9. The van der Waals surface area contributed by atoms with Crippen LogP contribution in [0.15, 0.2) is 89.5 Å². The van der Waals surface area contributed by atoms with Gasteiger partial charge in [0.2, 0.25) is 5.75 Å². The maximum atomic E-state index is 6.09. The van der Waals surface area contributed by atoms with Crippen LogP contribution in [0, 0.1) is 0 Å². The van der Waals surface area contributed by atoms with Crippen LogP contribution >= 0.6 is 11.3 Å². The van der Waals surface area contributed by atoms with E-state index in [4.69, 9.17) is 37.9 Å². The van der Waals surface area contributed by atoms with Gasteiger partial charge in [0.05, 0.1) is 51.9 Å². The molecule has 10 heteroatoms. The van der Waals surface area contributed by atoms with Gasteiger partial charge in [0.25, 0.3) is 0 Å². The molecule has 9 nitrogen and oxygen atoms in total. The Kier molecular flexibility index (Phi) is 9.02. The van der Waals surface area contributed by atoms with Crippen molar-refractivity contribution in [1.29, 1.82) is 0 Å². The fraction of sp³-hybridized carbons (Fsp3) is 0.200. The summed E-state index contributed by atoms with van der Waals surface area (Å²) in [5.74, 6) is 4.16. The number of rotatable bonds is 13. The van der Waals surface area contributed by atoms with Crippen LogP contribution in [0.2, 0.25) is 0 Å². The molecule has 0 radical (unpaired) electrons. The third-order valence-corrected chi connectivity index (χ3v) is 8.21. The lowest BCUT2D eigenvalue weighted by Gasteiger charge is -2.13. The zero-order valence-corrected chi connectivity index (χ0v) is 26.2. The molecule has 0 spiro atoms. The molecule has 4 aromatic carbocycles. The average molecular weight is 625 g/mol. The van der Waals surface area contributed by atoms with Gasteiger partial charge in [-0.15, -0.1) is 11.3 Å². The number of hydrogen-bond acceptors (Lipinski definition) is 10. The molecule has 2 heterocycles. The summed E-state index contributed by atoms with van der Waals surface area (Å²) in [6.07, 6.45) is 0.681. The van der Waals surface area contributed by atoms with E-state index in [1.807, 2.05) is 78.9 Å². The highest BCUT2D eigenvalue weighted by atomic mass is 32.1. The molecule has 6 rings (SSSR count). The number of ether oxygens (including phenoxy) is 6. The van der Waals surface area contributed by atoms with Crippen LogP contribution in [0.5, 0.6) is 34.5 Å². The minimum Gasteiger partial charge on any atom is -0.493 e. The van der Waals surface area contributed by atoms with Gasteiger partial charge in [-0.05, 0) is 66.7 Å². The predicted molar refractivity (Wildman–Crippen MR) is 174 cm³/mol. The first-order valence-electron chi connectivity index (χ1n) is 14.3. The highest BCUT2D eigenvalue weighted by Crippen LogP contribution is 2.42. The van der Waals surface area contributed by atoms with E-state index in [1.54, 1.807) is 39.8 Å². The van der Waals surface area contributed by atoms with E-state index >= 15 is 0 Å². The van der Waals surface area contributed by atoms with Crippen LogP contribution in [0.4, 0.5) is 0 Å². The lowest BCUT2D eigenvalue weighted by atomic mass is 10.1. The average Bonchev–Trinajstić information content (AvgIpc) is 3.76. The highest BCUT2D eigenvalue weighted by Gasteiger charge is 2.18. The highest BCUT2D eigenvalue weighted by molar-refractivity contribution is 7.21. The van der Waals surface area contributed by atoms with Crippen LogP contribution in [0.3, 0.4) is 0 Å². The Balaban J connectivity index is 1.07. The molecule has 0 unspecified atom stereocenters. The summed E-state index contributed by atoms with van der Waals surface area (Å²) >= 11 is 1.68. The molecule has 0 fully saturated rings. The molecule has 0 aliphatic heterocycles. The van der Waals surface area contributed by atoms with Gasteiger partial charge in [-0.2, -0.15) is 0 Å². The van der Waals surface area contributed by atoms with E-state index in [0.717, 1.165) is 33.0 Å². The van der Waals surface area contributed by atoms with Gasteiger partial charge in [0.1, 0.15) is 16.5 Å². The topological polar surface area (TPSA) is 94.3 Å². The summed E-state index contributed by atoms with van der Waals surface area (Å²) in [6, 6.07) is 27.3. The first-order valence-corrected chi connectivity index (χ1v) is 15.1. The molecule has 0 amide bonds. The van der Waals surface area contributed by atoms with Crippen molar-refractivity contribution in [2.24, 2.45) is 0 Å². The Morgan fingerprint density at radius 2 is 1.33 bits per heavy atom. The van der Waals surface area contributed by atoms with Crippen LogP contribution in [-0.2, 0) is 0 Å². The molecular weight excluding hydrogens is 592 g/mol. The summed E-state index contributed by atoms with van der Waals surface area (Å²) in [5.41, 5.74) is 4.26. The van der Waals surface area contributed by atoms with Gasteiger partial charge >= 0.3 is 0 Å². The molecule has 45 heavy (non-hydrogen) atoms. The summed E-state index contributed by atoms with van der Waals surface area (Å²) in [4.78, 5) is 4.73. The number of para-hydroxylation sites is 1. The van der Waals surface area contributed by atoms with Gasteiger partial charge in [-0.3, -0.25) is 0 Å². The fourth-order valence-electron chi connectivity index (χ4n) is 4.84. The van der Waals surface area contributed by atoms with Crippen LogP contribution in [-0.4, -0.2) is 51.8 Å². The third-order valence-electron chi connectivity index (χ3n) is 7.13. The molecule has 230 valence electrons. The van der Waals surface area contributed by atoms with Crippen molar-refractivity contribution in [1.82, 2.24) is 10.1 Å². The molecule has 0 aliphatic rings.